The van der Waals surface area contributed by atoms with E-state index >= 15 is 0 Å². The van der Waals surface area contributed by atoms with E-state index in [2.05, 4.69) is 31.7 Å². The number of likely N-dealkylation sites (tertiary alicyclic amines) is 1. The van der Waals surface area contributed by atoms with Gasteiger partial charge in [0, 0.05) is 12.6 Å². The number of nitrogens with two attached hydrogens (primary N) is 1. The van der Waals surface area contributed by atoms with E-state index in [0.29, 0.717) is 12.0 Å². The highest BCUT2D eigenvalue weighted by Gasteiger charge is 2.40. The molecule has 0 radical (unpaired) electrons. The molecule has 0 aromatic heterocycles. The minimum absolute atomic E-state index is 0.400. The summed E-state index contributed by atoms with van der Waals surface area (Å²) in [4.78, 5) is 2.62. The molecule has 2 rings (SSSR count). The molecule has 1 aliphatic carbocycles. The molecular weight excluding hydrogens is 234 g/mol. The standard InChI is InChI=1S/C16H29N3/c1-12-9-13(2)14(3)19(10-12)8-6-15-5-4-7-16(15,18)11-17/h12-15H,4-10,18H2,1-3H3. The predicted molar refractivity (Wildman–Crippen MR) is 78.5 cm³/mol. The number of nitrogens with zero attached hydrogens (tertiary/aromatic N) is 2. The molecule has 108 valence electrons. The van der Waals surface area contributed by atoms with E-state index in [0.717, 1.165) is 44.1 Å². The van der Waals surface area contributed by atoms with Crippen molar-refractivity contribution in [1.29, 1.82) is 5.26 Å². The van der Waals surface area contributed by atoms with Gasteiger partial charge in [0.15, 0.2) is 0 Å². The van der Waals surface area contributed by atoms with Crippen LogP contribution < -0.4 is 5.73 Å². The molecule has 1 heterocycles. The molecule has 0 aromatic rings. The van der Waals surface area contributed by atoms with Crippen LogP contribution in [-0.2, 0) is 0 Å². The summed E-state index contributed by atoms with van der Waals surface area (Å²) in [5, 5.41) is 9.28. The third-order valence-corrected chi connectivity index (χ3v) is 5.56. The molecule has 0 bridgehead atoms. The fourth-order valence-electron chi connectivity index (χ4n) is 4.10. The number of hydrogen-bond donors (Lipinski definition) is 1. The minimum atomic E-state index is -0.545. The van der Waals surface area contributed by atoms with Crippen molar-refractivity contribution in [2.75, 3.05) is 13.1 Å². The first kappa shape index (κ1) is 14.8. The Kier molecular flexibility index (Phi) is 4.53. The zero-order valence-electron chi connectivity index (χ0n) is 12.7. The maximum absolute atomic E-state index is 9.28. The number of piperidine rings is 1. The van der Waals surface area contributed by atoms with Crippen LogP contribution in [0.2, 0.25) is 0 Å². The molecule has 19 heavy (non-hydrogen) atoms. The maximum Gasteiger partial charge on any atom is 0.107 e. The van der Waals surface area contributed by atoms with Crippen molar-refractivity contribution < 1.29 is 0 Å². The fourth-order valence-corrected chi connectivity index (χ4v) is 4.10. The lowest BCUT2D eigenvalue weighted by atomic mass is 9.84. The zero-order valence-corrected chi connectivity index (χ0v) is 12.7. The first-order valence-corrected chi connectivity index (χ1v) is 7.90. The molecule has 0 aromatic carbocycles. The van der Waals surface area contributed by atoms with Crippen LogP contribution >= 0.6 is 0 Å². The van der Waals surface area contributed by atoms with Crippen LogP contribution in [0, 0.1) is 29.1 Å². The van der Waals surface area contributed by atoms with Crippen LogP contribution in [0.1, 0.15) is 52.9 Å². The lowest BCUT2D eigenvalue weighted by Crippen LogP contribution is -2.48. The van der Waals surface area contributed by atoms with Gasteiger partial charge in [-0.1, -0.05) is 20.3 Å². The van der Waals surface area contributed by atoms with E-state index in [1.54, 1.807) is 0 Å². The fraction of sp³-hybridized carbons (Fsp3) is 0.938. The molecule has 3 nitrogen and oxygen atoms in total. The zero-order chi connectivity index (χ0) is 14.0. The van der Waals surface area contributed by atoms with Gasteiger partial charge >= 0.3 is 0 Å². The van der Waals surface area contributed by atoms with Crippen LogP contribution in [0.3, 0.4) is 0 Å². The maximum atomic E-state index is 9.28. The second kappa shape index (κ2) is 5.81. The van der Waals surface area contributed by atoms with E-state index in [4.69, 9.17) is 5.73 Å². The number of nitriles is 1. The van der Waals surface area contributed by atoms with Gasteiger partial charge in [0.25, 0.3) is 0 Å². The quantitative estimate of drug-likeness (QED) is 0.852. The molecular formula is C16H29N3. The Labute approximate surface area is 118 Å². The Hall–Kier alpha value is -0.590. The first-order chi connectivity index (χ1) is 8.96. The molecule has 0 spiro atoms. The van der Waals surface area contributed by atoms with Crippen LogP contribution in [-0.4, -0.2) is 29.6 Å². The smallest absolute Gasteiger partial charge is 0.107 e. The molecule has 5 atom stereocenters. The third kappa shape index (κ3) is 3.12. The average molecular weight is 263 g/mol. The van der Waals surface area contributed by atoms with Gasteiger partial charge in [-0.2, -0.15) is 5.26 Å². The molecule has 1 saturated carbocycles. The lowest BCUT2D eigenvalue weighted by molar-refractivity contribution is 0.0724. The topological polar surface area (TPSA) is 53.0 Å². The monoisotopic (exact) mass is 263 g/mol. The third-order valence-electron chi connectivity index (χ3n) is 5.56. The Morgan fingerprint density at radius 2 is 2.11 bits per heavy atom. The molecule has 2 N–H and O–H groups in total. The molecule has 2 aliphatic rings. The number of hydrogen-bond acceptors (Lipinski definition) is 3. The molecule has 1 saturated heterocycles. The Bertz CT molecular complexity index is 348. The van der Waals surface area contributed by atoms with E-state index in [9.17, 15) is 5.26 Å². The largest absolute Gasteiger partial charge is 0.313 e. The van der Waals surface area contributed by atoms with Gasteiger partial charge < -0.3 is 10.6 Å². The Balaban J connectivity index is 1.90. The highest BCUT2D eigenvalue weighted by atomic mass is 15.2. The molecule has 0 amide bonds. The van der Waals surface area contributed by atoms with Gasteiger partial charge in [0.1, 0.15) is 5.54 Å². The van der Waals surface area contributed by atoms with E-state index < -0.39 is 5.54 Å². The van der Waals surface area contributed by atoms with E-state index in [1.165, 1.54) is 13.0 Å². The molecule has 1 aliphatic heterocycles. The highest BCUT2D eigenvalue weighted by Crippen LogP contribution is 2.36. The predicted octanol–water partition coefficient (Wildman–Crippen LogP) is 2.76. The van der Waals surface area contributed by atoms with E-state index in [-0.39, 0.29) is 0 Å². The second-order valence-electron chi connectivity index (χ2n) is 7.08. The van der Waals surface area contributed by atoms with Crippen molar-refractivity contribution in [3.63, 3.8) is 0 Å². The van der Waals surface area contributed by atoms with Crippen LogP contribution in [0.25, 0.3) is 0 Å². The summed E-state index contributed by atoms with van der Waals surface area (Å²) in [6.45, 7) is 9.40. The summed E-state index contributed by atoms with van der Waals surface area (Å²) in [7, 11) is 0. The van der Waals surface area contributed by atoms with Crippen LogP contribution in [0.15, 0.2) is 0 Å². The van der Waals surface area contributed by atoms with Gasteiger partial charge in [-0.15, -0.1) is 0 Å². The van der Waals surface area contributed by atoms with E-state index in [1.807, 2.05) is 0 Å². The Morgan fingerprint density at radius 3 is 2.79 bits per heavy atom. The molecule has 2 fully saturated rings. The van der Waals surface area contributed by atoms with Crippen molar-refractivity contribution in [1.82, 2.24) is 4.90 Å². The number of rotatable bonds is 3. The lowest BCUT2D eigenvalue weighted by Gasteiger charge is -2.42. The van der Waals surface area contributed by atoms with Gasteiger partial charge in [-0.25, -0.2) is 0 Å². The SMILES string of the molecule is CC1CC(C)C(C)N(CCC2CCCC2(N)C#N)C1. The summed E-state index contributed by atoms with van der Waals surface area (Å²) in [5.41, 5.74) is 5.68. The highest BCUT2D eigenvalue weighted by molar-refractivity contribution is 5.12. The molecule has 5 unspecified atom stereocenters. The van der Waals surface area contributed by atoms with Crippen LogP contribution in [0.4, 0.5) is 0 Å². The van der Waals surface area contributed by atoms with Gasteiger partial charge in [-0.3, -0.25) is 0 Å². The first-order valence-electron chi connectivity index (χ1n) is 7.90. The Morgan fingerprint density at radius 1 is 1.37 bits per heavy atom. The minimum Gasteiger partial charge on any atom is -0.313 e. The summed E-state index contributed by atoms with van der Waals surface area (Å²) < 4.78 is 0. The summed E-state index contributed by atoms with van der Waals surface area (Å²) in [6.07, 6.45) is 5.58. The van der Waals surface area contributed by atoms with Crippen LogP contribution in [0.5, 0.6) is 0 Å². The summed E-state index contributed by atoms with van der Waals surface area (Å²) in [6, 6.07) is 3.04. The summed E-state index contributed by atoms with van der Waals surface area (Å²) >= 11 is 0. The van der Waals surface area contributed by atoms with Crippen molar-refractivity contribution in [3.8, 4) is 6.07 Å². The van der Waals surface area contributed by atoms with Gasteiger partial charge in [0.05, 0.1) is 6.07 Å². The van der Waals surface area contributed by atoms with Crippen molar-refractivity contribution >= 4 is 0 Å². The van der Waals surface area contributed by atoms with Gasteiger partial charge in [0.2, 0.25) is 0 Å². The van der Waals surface area contributed by atoms with Crippen molar-refractivity contribution in [2.24, 2.45) is 23.5 Å². The van der Waals surface area contributed by atoms with Gasteiger partial charge in [-0.05, 0) is 56.9 Å². The molecule has 3 heteroatoms. The van der Waals surface area contributed by atoms with Crippen molar-refractivity contribution in [2.45, 2.75) is 64.5 Å². The normalized spacial score (nSPS) is 44.2. The van der Waals surface area contributed by atoms with Crippen molar-refractivity contribution in [3.05, 3.63) is 0 Å². The average Bonchev–Trinajstić information content (AvgIpc) is 2.74. The summed E-state index contributed by atoms with van der Waals surface area (Å²) in [5.74, 6) is 1.98. The second-order valence-corrected chi connectivity index (χ2v) is 7.08.